The molecule has 1 unspecified atom stereocenters. The summed E-state index contributed by atoms with van der Waals surface area (Å²) in [7, 11) is 0. The van der Waals surface area contributed by atoms with Crippen molar-refractivity contribution in [3.8, 4) is 0 Å². The number of hydrogen-bond donors (Lipinski definition) is 0. The van der Waals surface area contributed by atoms with Gasteiger partial charge in [0.25, 0.3) is 5.69 Å². The first kappa shape index (κ1) is 10.7. The Hall–Kier alpha value is -1.35. The lowest BCUT2D eigenvalue weighted by Gasteiger charge is -2.06. The average Bonchev–Trinajstić information content (AvgIpc) is 2.16. The van der Waals surface area contributed by atoms with Crippen molar-refractivity contribution in [3.05, 3.63) is 58.5 Å². The van der Waals surface area contributed by atoms with Gasteiger partial charge >= 0.3 is 0 Å². The fourth-order valence-electron chi connectivity index (χ4n) is 1.12. The maximum Gasteiger partial charge on any atom is 0.273 e. The van der Waals surface area contributed by atoms with Gasteiger partial charge in [0, 0.05) is 22.6 Å². The summed E-state index contributed by atoms with van der Waals surface area (Å²) in [5.41, 5.74) is 0.506. The van der Waals surface area contributed by atoms with Crippen molar-refractivity contribution < 1.29 is 4.92 Å². The highest BCUT2D eigenvalue weighted by atomic mass is 35.5. The van der Waals surface area contributed by atoms with Crippen LogP contribution < -0.4 is 0 Å². The number of halogens is 1. The summed E-state index contributed by atoms with van der Waals surface area (Å²) in [5.74, 6) is -0.325. The molecular weight excluding hydrogens is 202 g/mol. The van der Waals surface area contributed by atoms with Gasteiger partial charge in [0.05, 0.1) is 4.92 Å². The molecule has 0 saturated carbocycles. The number of allylic oxidation sites excluding steroid dienone is 1. The summed E-state index contributed by atoms with van der Waals surface area (Å²) < 4.78 is 0. The van der Waals surface area contributed by atoms with Crippen molar-refractivity contribution >= 4 is 17.3 Å². The lowest BCUT2D eigenvalue weighted by molar-refractivity contribution is -0.385. The van der Waals surface area contributed by atoms with Crippen molar-refractivity contribution in [1.29, 1.82) is 0 Å². The first-order valence-corrected chi connectivity index (χ1v) is 4.33. The third-order valence-electron chi connectivity index (χ3n) is 1.87. The van der Waals surface area contributed by atoms with Crippen LogP contribution in [-0.2, 0) is 0 Å². The van der Waals surface area contributed by atoms with E-state index in [1.807, 2.05) is 0 Å². The normalized spacial score (nSPS) is 12.1. The van der Waals surface area contributed by atoms with E-state index in [1.54, 1.807) is 12.1 Å². The predicted molar refractivity (Wildman–Crippen MR) is 56.4 cm³/mol. The fourth-order valence-corrected chi connectivity index (χ4v) is 1.30. The van der Waals surface area contributed by atoms with E-state index in [0.29, 0.717) is 10.6 Å². The molecule has 1 rings (SSSR count). The first-order chi connectivity index (χ1) is 6.56. The van der Waals surface area contributed by atoms with E-state index < -0.39 is 4.92 Å². The Bertz CT molecular complexity index is 376. The number of benzene rings is 1. The van der Waals surface area contributed by atoms with Crippen LogP contribution in [-0.4, -0.2) is 4.92 Å². The molecule has 3 nitrogen and oxygen atoms in total. The number of nitro benzene ring substituents is 1. The van der Waals surface area contributed by atoms with Gasteiger partial charge in [-0.3, -0.25) is 10.1 Å². The molecule has 0 aliphatic heterocycles. The smallest absolute Gasteiger partial charge is 0.258 e. The van der Waals surface area contributed by atoms with Crippen LogP contribution in [0.2, 0.25) is 5.02 Å². The van der Waals surface area contributed by atoms with Crippen LogP contribution >= 0.6 is 11.6 Å². The zero-order chi connectivity index (χ0) is 10.7. The molecular formula is C10H9ClNO2. The summed E-state index contributed by atoms with van der Waals surface area (Å²) in [6.45, 7) is 7.27. The lowest BCUT2D eigenvalue weighted by atomic mass is 10.00. The summed E-state index contributed by atoms with van der Waals surface area (Å²) in [5, 5.41) is 11.1. The van der Waals surface area contributed by atoms with Crippen LogP contribution in [0.4, 0.5) is 5.69 Å². The molecule has 73 valence electrons. The van der Waals surface area contributed by atoms with Crippen LogP contribution in [0.5, 0.6) is 0 Å². The number of rotatable bonds is 3. The standard InChI is InChI=1S/C10H9ClNO2/c1-3-7(2)9-6-8(11)4-5-10(9)12(13)14/h3-7H,1-2H2. The predicted octanol–water partition coefficient (Wildman–Crippen LogP) is 3.35. The Labute approximate surface area is 87.2 Å². The molecule has 0 fully saturated rings. The Balaban J connectivity index is 3.29. The monoisotopic (exact) mass is 210 g/mol. The minimum Gasteiger partial charge on any atom is -0.258 e. The van der Waals surface area contributed by atoms with E-state index in [0.717, 1.165) is 0 Å². The van der Waals surface area contributed by atoms with E-state index in [4.69, 9.17) is 11.6 Å². The number of hydrogen-bond acceptors (Lipinski definition) is 2. The maximum absolute atomic E-state index is 10.7. The quantitative estimate of drug-likeness (QED) is 0.436. The van der Waals surface area contributed by atoms with Gasteiger partial charge in [-0.25, -0.2) is 0 Å². The molecule has 0 saturated heterocycles. The van der Waals surface area contributed by atoms with E-state index in [-0.39, 0.29) is 11.6 Å². The van der Waals surface area contributed by atoms with Crippen LogP contribution in [0.25, 0.3) is 0 Å². The average molecular weight is 211 g/mol. The molecule has 0 aromatic heterocycles. The van der Waals surface area contributed by atoms with Gasteiger partial charge in [-0.1, -0.05) is 17.7 Å². The molecule has 0 heterocycles. The summed E-state index contributed by atoms with van der Waals surface area (Å²) in [6, 6.07) is 4.40. The molecule has 1 aromatic carbocycles. The Morgan fingerprint density at radius 1 is 1.57 bits per heavy atom. The fraction of sp³-hybridized carbons (Fsp3) is 0.100. The topological polar surface area (TPSA) is 43.1 Å². The Morgan fingerprint density at radius 3 is 2.71 bits per heavy atom. The zero-order valence-corrected chi connectivity index (χ0v) is 8.20. The third kappa shape index (κ3) is 2.12. The minimum absolute atomic E-state index is 0.0225. The third-order valence-corrected chi connectivity index (χ3v) is 2.11. The Morgan fingerprint density at radius 2 is 2.21 bits per heavy atom. The highest BCUT2D eigenvalue weighted by Crippen LogP contribution is 2.29. The first-order valence-electron chi connectivity index (χ1n) is 3.95. The molecule has 0 bridgehead atoms. The van der Waals surface area contributed by atoms with E-state index in [9.17, 15) is 10.1 Å². The second-order valence-corrected chi connectivity index (χ2v) is 3.24. The molecule has 0 aliphatic rings. The van der Waals surface area contributed by atoms with Gasteiger partial charge in [0.1, 0.15) is 0 Å². The lowest BCUT2D eigenvalue weighted by Crippen LogP contribution is -1.97. The summed E-state index contributed by atoms with van der Waals surface area (Å²) in [4.78, 5) is 10.2. The Kier molecular flexibility index (Phi) is 3.25. The number of nitro groups is 1. The van der Waals surface area contributed by atoms with Gasteiger partial charge in [-0.05, 0) is 19.1 Å². The second kappa shape index (κ2) is 4.24. The van der Waals surface area contributed by atoms with Crippen molar-refractivity contribution in [2.75, 3.05) is 0 Å². The molecule has 1 atom stereocenters. The summed E-state index contributed by atoms with van der Waals surface area (Å²) in [6.07, 6.45) is 1.54. The van der Waals surface area contributed by atoms with Crippen molar-refractivity contribution in [2.24, 2.45) is 0 Å². The van der Waals surface area contributed by atoms with Gasteiger partial charge in [0.2, 0.25) is 0 Å². The molecule has 14 heavy (non-hydrogen) atoms. The summed E-state index contributed by atoms with van der Waals surface area (Å²) >= 11 is 5.74. The van der Waals surface area contributed by atoms with Crippen molar-refractivity contribution in [3.63, 3.8) is 0 Å². The second-order valence-electron chi connectivity index (χ2n) is 2.80. The molecule has 0 N–H and O–H groups in total. The SMILES string of the molecule is [CH2]C(C=C)c1cc(Cl)ccc1[N+](=O)[O-]. The van der Waals surface area contributed by atoms with Crippen LogP contribution in [0, 0.1) is 17.0 Å². The molecule has 0 spiro atoms. The minimum atomic E-state index is -0.451. The van der Waals surface area contributed by atoms with Gasteiger partial charge in [-0.2, -0.15) is 0 Å². The maximum atomic E-state index is 10.7. The molecule has 4 heteroatoms. The highest BCUT2D eigenvalue weighted by molar-refractivity contribution is 6.30. The molecule has 0 aliphatic carbocycles. The highest BCUT2D eigenvalue weighted by Gasteiger charge is 2.17. The van der Waals surface area contributed by atoms with Gasteiger partial charge in [0.15, 0.2) is 0 Å². The van der Waals surface area contributed by atoms with E-state index in [2.05, 4.69) is 13.5 Å². The van der Waals surface area contributed by atoms with Crippen LogP contribution in [0.15, 0.2) is 30.9 Å². The van der Waals surface area contributed by atoms with Crippen LogP contribution in [0.3, 0.4) is 0 Å². The molecule has 1 aromatic rings. The van der Waals surface area contributed by atoms with E-state index in [1.165, 1.54) is 12.1 Å². The zero-order valence-electron chi connectivity index (χ0n) is 7.44. The largest absolute Gasteiger partial charge is 0.273 e. The van der Waals surface area contributed by atoms with Gasteiger partial charge < -0.3 is 0 Å². The van der Waals surface area contributed by atoms with Crippen LogP contribution in [0.1, 0.15) is 11.5 Å². The van der Waals surface area contributed by atoms with Crippen molar-refractivity contribution in [1.82, 2.24) is 0 Å². The van der Waals surface area contributed by atoms with Crippen molar-refractivity contribution in [2.45, 2.75) is 5.92 Å². The number of nitrogens with zero attached hydrogens (tertiary/aromatic N) is 1. The van der Waals surface area contributed by atoms with Gasteiger partial charge in [-0.15, -0.1) is 6.58 Å². The molecule has 0 amide bonds. The molecule has 1 radical (unpaired) electrons. The van der Waals surface area contributed by atoms with E-state index >= 15 is 0 Å².